The summed E-state index contributed by atoms with van der Waals surface area (Å²) in [4.78, 5) is 6.44. The number of hydrogen-bond acceptors (Lipinski definition) is 6. The molecule has 0 atom stereocenters. The summed E-state index contributed by atoms with van der Waals surface area (Å²) in [5, 5.41) is 13.1. The van der Waals surface area contributed by atoms with Gasteiger partial charge in [-0.3, -0.25) is 4.90 Å². The lowest BCUT2D eigenvalue weighted by Gasteiger charge is -2.18. The van der Waals surface area contributed by atoms with Crippen molar-refractivity contribution in [1.29, 1.82) is 0 Å². The lowest BCUT2D eigenvalue weighted by atomic mass is 10.1. The minimum absolute atomic E-state index is 0.0858. The summed E-state index contributed by atoms with van der Waals surface area (Å²) in [7, 11) is 1.65. The van der Waals surface area contributed by atoms with Crippen molar-refractivity contribution in [3.8, 4) is 11.4 Å². The van der Waals surface area contributed by atoms with E-state index in [1.165, 1.54) is 0 Å². The molecule has 0 bridgehead atoms. The molecule has 0 aliphatic heterocycles. The maximum atomic E-state index is 9.08. The quantitative estimate of drug-likeness (QED) is 0.794. The Bertz CT molecular complexity index is 557. The minimum atomic E-state index is 0.0858. The fourth-order valence-corrected chi connectivity index (χ4v) is 2.08. The smallest absolute Gasteiger partial charge is 0.241 e. The van der Waals surface area contributed by atoms with E-state index >= 15 is 0 Å². The first-order chi connectivity index (χ1) is 10.2. The van der Waals surface area contributed by atoms with Crippen LogP contribution in [0, 0.1) is 6.92 Å². The Morgan fingerprint density at radius 1 is 1.29 bits per heavy atom. The van der Waals surface area contributed by atoms with Gasteiger partial charge in [0.15, 0.2) is 0 Å². The first-order valence-electron chi connectivity index (χ1n) is 6.95. The Hall–Kier alpha value is -1.76. The monoisotopic (exact) mass is 291 g/mol. The molecule has 2 rings (SSSR count). The molecular weight excluding hydrogens is 270 g/mol. The van der Waals surface area contributed by atoms with E-state index in [0.29, 0.717) is 38.0 Å². The minimum Gasteiger partial charge on any atom is -0.395 e. The molecule has 6 heteroatoms. The van der Waals surface area contributed by atoms with Crippen molar-refractivity contribution >= 4 is 0 Å². The largest absolute Gasteiger partial charge is 0.395 e. The number of aryl methyl sites for hydroxylation is 1. The zero-order valence-electron chi connectivity index (χ0n) is 12.5. The Balaban J connectivity index is 2.06. The van der Waals surface area contributed by atoms with Crippen molar-refractivity contribution in [2.24, 2.45) is 0 Å². The summed E-state index contributed by atoms with van der Waals surface area (Å²) in [5.41, 5.74) is 2.08. The van der Waals surface area contributed by atoms with Crippen LogP contribution in [0.2, 0.25) is 0 Å². The second kappa shape index (κ2) is 7.87. The number of rotatable bonds is 8. The maximum absolute atomic E-state index is 9.08. The number of methoxy groups -OCH3 is 1. The highest BCUT2D eigenvalue weighted by atomic mass is 16.5. The van der Waals surface area contributed by atoms with Crippen molar-refractivity contribution < 1.29 is 14.4 Å². The van der Waals surface area contributed by atoms with Crippen LogP contribution < -0.4 is 0 Å². The van der Waals surface area contributed by atoms with E-state index in [1.807, 2.05) is 36.1 Å². The Labute approximate surface area is 124 Å². The predicted octanol–water partition coefficient (Wildman–Crippen LogP) is 1.49. The van der Waals surface area contributed by atoms with E-state index in [-0.39, 0.29) is 6.61 Å². The van der Waals surface area contributed by atoms with Gasteiger partial charge in [-0.05, 0) is 12.5 Å². The summed E-state index contributed by atoms with van der Waals surface area (Å²) < 4.78 is 10.4. The van der Waals surface area contributed by atoms with Gasteiger partial charge < -0.3 is 14.4 Å². The zero-order chi connectivity index (χ0) is 15.1. The van der Waals surface area contributed by atoms with Crippen LogP contribution in [0.15, 0.2) is 28.8 Å². The van der Waals surface area contributed by atoms with Crippen LogP contribution in [-0.2, 0) is 11.3 Å². The standard InChI is InChI=1S/C15H21N3O3/c1-12-5-3-4-6-13(12)15-16-14(21-17-15)11-18(7-9-19)8-10-20-2/h3-6,19H,7-11H2,1-2H3. The van der Waals surface area contributed by atoms with Crippen LogP contribution in [0.4, 0.5) is 0 Å². The molecule has 21 heavy (non-hydrogen) atoms. The summed E-state index contributed by atoms with van der Waals surface area (Å²) in [6.45, 7) is 4.46. The molecule has 1 aromatic heterocycles. The van der Waals surface area contributed by atoms with E-state index < -0.39 is 0 Å². The highest BCUT2D eigenvalue weighted by molar-refractivity contribution is 5.58. The first-order valence-corrected chi connectivity index (χ1v) is 6.95. The van der Waals surface area contributed by atoms with Gasteiger partial charge in [-0.15, -0.1) is 0 Å². The summed E-state index contributed by atoms with van der Waals surface area (Å²) in [5.74, 6) is 1.14. The molecule has 0 fully saturated rings. The molecule has 0 saturated heterocycles. The van der Waals surface area contributed by atoms with Gasteiger partial charge >= 0.3 is 0 Å². The molecule has 0 spiro atoms. The Morgan fingerprint density at radius 2 is 2.10 bits per heavy atom. The fourth-order valence-electron chi connectivity index (χ4n) is 2.08. The van der Waals surface area contributed by atoms with Crippen LogP contribution in [0.3, 0.4) is 0 Å². The molecule has 0 radical (unpaired) electrons. The molecule has 2 aromatic rings. The first kappa shape index (κ1) is 15.6. The third kappa shape index (κ3) is 4.35. The number of nitrogens with zero attached hydrogens (tertiary/aromatic N) is 3. The van der Waals surface area contributed by atoms with Crippen LogP contribution in [0.25, 0.3) is 11.4 Å². The topological polar surface area (TPSA) is 71.6 Å². The van der Waals surface area contributed by atoms with Crippen molar-refractivity contribution in [1.82, 2.24) is 15.0 Å². The van der Waals surface area contributed by atoms with Crippen molar-refractivity contribution in [3.63, 3.8) is 0 Å². The predicted molar refractivity (Wildman–Crippen MR) is 78.7 cm³/mol. The summed E-state index contributed by atoms with van der Waals surface area (Å²) in [6.07, 6.45) is 0. The number of aliphatic hydroxyl groups excluding tert-OH is 1. The fraction of sp³-hybridized carbons (Fsp3) is 0.467. The van der Waals surface area contributed by atoms with Gasteiger partial charge in [-0.2, -0.15) is 4.98 Å². The number of benzene rings is 1. The number of ether oxygens (including phenoxy) is 1. The van der Waals surface area contributed by atoms with Crippen LogP contribution in [0.5, 0.6) is 0 Å². The third-order valence-corrected chi connectivity index (χ3v) is 3.24. The Morgan fingerprint density at radius 3 is 2.81 bits per heavy atom. The molecule has 0 amide bonds. The van der Waals surface area contributed by atoms with Crippen molar-refractivity contribution in [3.05, 3.63) is 35.7 Å². The lowest BCUT2D eigenvalue weighted by molar-refractivity contribution is 0.118. The molecular formula is C15H21N3O3. The zero-order valence-corrected chi connectivity index (χ0v) is 12.5. The lowest BCUT2D eigenvalue weighted by Crippen LogP contribution is -2.29. The third-order valence-electron chi connectivity index (χ3n) is 3.24. The maximum Gasteiger partial charge on any atom is 0.241 e. The van der Waals surface area contributed by atoms with Gasteiger partial charge in [0.2, 0.25) is 11.7 Å². The molecule has 114 valence electrons. The van der Waals surface area contributed by atoms with E-state index in [1.54, 1.807) is 7.11 Å². The van der Waals surface area contributed by atoms with Gasteiger partial charge in [-0.25, -0.2) is 0 Å². The molecule has 1 N–H and O–H groups in total. The van der Waals surface area contributed by atoms with E-state index in [9.17, 15) is 0 Å². The normalized spacial score (nSPS) is 11.2. The molecule has 1 aromatic carbocycles. The van der Waals surface area contributed by atoms with Crippen LogP contribution >= 0.6 is 0 Å². The second-order valence-electron chi connectivity index (χ2n) is 4.82. The van der Waals surface area contributed by atoms with Gasteiger partial charge in [0.05, 0.1) is 19.8 Å². The van der Waals surface area contributed by atoms with Crippen molar-refractivity contribution in [2.45, 2.75) is 13.5 Å². The van der Waals surface area contributed by atoms with Gasteiger partial charge in [0.25, 0.3) is 0 Å². The second-order valence-corrected chi connectivity index (χ2v) is 4.82. The SMILES string of the molecule is COCCN(CCO)Cc1nc(-c2ccccc2C)no1. The van der Waals surface area contributed by atoms with Crippen LogP contribution in [0.1, 0.15) is 11.5 Å². The molecule has 0 saturated carbocycles. The Kier molecular flexibility index (Phi) is 5.86. The highest BCUT2D eigenvalue weighted by Gasteiger charge is 2.13. The van der Waals surface area contributed by atoms with Crippen LogP contribution in [-0.4, -0.2) is 53.6 Å². The average Bonchev–Trinajstić information content (AvgIpc) is 2.94. The molecule has 0 aliphatic carbocycles. The summed E-state index contributed by atoms with van der Waals surface area (Å²) in [6, 6.07) is 7.92. The van der Waals surface area contributed by atoms with Gasteiger partial charge in [-0.1, -0.05) is 29.4 Å². The van der Waals surface area contributed by atoms with E-state index in [4.69, 9.17) is 14.4 Å². The average molecular weight is 291 g/mol. The van der Waals surface area contributed by atoms with E-state index in [0.717, 1.165) is 11.1 Å². The number of hydrogen-bond donors (Lipinski definition) is 1. The molecule has 0 unspecified atom stereocenters. The van der Waals surface area contributed by atoms with Gasteiger partial charge in [0.1, 0.15) is 0 Å². The van der Waals surface area contributed by atoms with Gasteiger partial charge in [0, 0.05) is 25.8 Å². The molecule has 0 aliphatic rings. The van der Waals surface area contributed by atoms with Crippen molar-refractivity contribution in [2.75, 3.05) is 33.4 Å². The highest BCUT2D eigenvalue weighted by Crippen LogP contribution is 2.20. The molecule has 6 nitrogen and oxygen atoms in total. The molecule has 1 heterocycles. The summed E-state index contributed by atoms with van der Waals surface area (Å²) >= 11 is 0. The van der Waals surface area contributed by atoms with E-state index in [2.05, 4.69) is 10.1 Å². The number of aliphatic hydroxyl groups is 1. The number of aromatic nitrogens is 2.